The molecule has 0 heterocycles. The number of hydrogen-bond acceptors (Lipinski definition) is 3. The number of hydrogen-bond donors (Lipinski definition) is 1. The van der Waals surface area contributed by atoms with E-state index in [9.17, 15) is 0 Å². The maximum atomic E-state index is 5.39. The van der Waals surface area contributed by atoms with Crippen molar-refractivity contribution in [1.82, 2.24) is 10.2 Å². The second-order valence-corrected chi connectivity index (χ2v) is 4.96. The summed E-state index contributed by atoms with van der Waals surface area (Å²) in [4.78, 5) is 2.36. The lowest BCUT2D eigenvalue weighted by atomic mass is 10.1. The summed E-state index contributed by atoms with van der Waals surface area (Å²) in [5, 5.41) is 3.18. The minimum absolute atomic E-state index is 0.995. The fourth-order valence-corrected chi connectivity index (χ4v) is 2.37. The molecular weight excluding hydrogens is 224 g/mol. The van der Waals surface area contributed by atoms with Crippen LogP contribution in [-0.2, 0) is 6.54 Å². The van der Waals surface area contributed by atoms with E-state index in [1.54, 1.807) is 7.11 Å². The molecule has 3 nitrogen and oxygen atoms in total. The molecule has 0 atom stereocenters. The van der Waals surface area contributed by atoms with Gasteiger partial charge in [-0.15, -0.1) is 0 Å². The Kier molecular flexibility index (Phi) is 6.16. The number of methoxy groups -OCH3 is 1. The number of benzene rings is 1. The largest absolute Gasteiger partial charge is 0.496 e. The first-order valence-corrected chi connectivity index (χ1v) is 6.55. The highest BCUT2D eigenvalue weighted by atomic mass is 16.5. The van der Waals surface area contributed by atoms with E-state index in [1.807, 2.05) is 7.05 Å². The van der Waals surface area contributed by atoms with Gasteiger partial charge in [-0.2, -0.15) is 0 Å². The van der Waals surface area contributed by atoms with Gasteiger partial charge >= 0.3 is 0 Å². The van der Waals surface area contributed by atoms with Crippen LogP contribution in [0.5, 0.6) is 5.75 Å². The van der Waals surface area contributed by atoms with Gasteiger partial charge in [0.2, 0.25) is 0 Å². The zero-order chi connectivity index (χ0) is 13.5. The summed E-state index contributed by atoms with van der Waals surface area (Å²) < 4.78 is 5.39. The van der Waals surface area contributed by atoms with Gasteiger partial charge in [-0.1, -0.05) is 12.1 Å². The van der Waals surface area contributed by atoms with E-state index >= 15 is 0 Å². The van der Waals surface area contributed by atoms with Crippen LogP contribution in [0.1, 0.15) is 23.1 Å². The maximum Gasteiger partial charge on any atom is 0.124 e. The van der Waals surface area contributed by atoms with Crippen LogP contribution in [0.3, 0.4) is 0 Å². The van der Waals surface area contributed by atoms with Crippen LogP contribution >= 0.6 is 0 Å². The summed E-state index contributed by atoms with van der Waals surface area (Å²) in [5.41, 5.74) is 3.80. The molecule has 0 amide bonds. The zero-order valence-corrected chi connectivity index (χ0v) is 12.3. The zero-order valence-electron chi connectivity index (χ0n) is 12.3. The smallest absolute Gasteiger partial charge is 0.124 e. The Hall–Kier alpha value is -1.06. The van der Waals surface area contributed by atoms with E-state index in [-0.39, 0.29) is 0 Å². The van der Waals surface area contributed by atoms with Gasteiger partial charge in [0.25, 0.3) is 0 Å². The lowest BCUT2D eigenvalue weighted by Crippen LogP contribution is -2.22. The highest BCUT2D eigenvalue weighted by Crippen LogP contribution is 2.24. The number of aryl methyl sites for hydroxylation is 2. The van der Waals surface area contributed by atoms with E-state index in [4.69, 9.17) is 4.74 Å². The molecule has 0 bridgehead atoms. The van der Waals surface area contributed by atoms with E-state index in [1.165, 1.54) is 23.1 Å². The molecular formula is C15H26N2O. The Morgan fingerprint density at radius 3 is 2.33 bits per heavy atom. The molecule has 0 aromatic heterocycles. The van der Waals surface area contributed by atoms with Gasteiger partial charge in [0.05, 0.1) is 7.11 Å². The van der Waals surface area contributed by atoms with Crippen LogP contribution in [0.15, 0.2) is 12.1 Å². The lowest BCUT2D eigenvalue weighted by Gasteiger charge is -2.18. The average Bonchev–Trinajstić information content (AvgIpc) is 2.29. The van der Waals surface area contributed by atoms with Crippen LogP contribution < -0.4 is 10.1 Å². The van der Waals surface area contributed by atoms with Crippen LogP contribution in [0.25, 0.3) is 0 Å². The molecule has 0 radical (unpaired) electrons. The molecule has 0 spiro atoms. The molecule has 0 aliphatic heterocycles. The molecule has 1 aromatic rings. The molecule has 102 valence electrons. The topological polar surface area (TPSA) is 24.5 Å². The normalized spacial score (nSPS) is 11.0. The second-order valence-electron chi connectivity index (χ2n) is 4.96. The van der Waals surface area contributed by atoms with Gasteiger partial charge in [-0.05, 0) is 64.1 Å². The van der Waals surface area contributed by atoms with Crippen LogP contribution in [0.2, 0.25) is 0 Å². The molecule has 1 N–H and O–H groups in total. The number of rotatable bonds is 7. The predicted octanol–water partition coefficient (Wildman–Crippen LogP) is 2.35. The minimum Gasteiger partial charge on any atom is -0.496 e. The van der Waals surface area contributed by atoms with E-state index < -0.39 is 0 Å². The number of ether oxygens (including phenoxy) is 1. The predicted molar refractivity (Wildman–Crippen MR) is 77.3 cm³/mol. The SMILES string of the molecule is CNCCCN(C)Cc1cc(C)c(OC)c(C)c1. The standard InChI is InChI=1S/C15H26N2O/c1-12-9-14(10-13(2)15(12)18-5)11-17(4)8-6-7-16-3/h9-10,16H,6-8,11H2,1-5H3. The van der Waals surface area contributed by atoms with Crippen LogP contribution in [-0.4, -0.2) is 39.2 Å². The van der Waals surface area contributed by atoms with Crippen LogP contribution in [0, 0.1) is 13.8 Å². The van der Waals surface area contributed by atoms with Gasteiger partial charge in [-0.3, -0.25) is 0 Å². The Morgan fingerprint density at radius 2 is 1.83 bits per heavy atom. The van der Waals surface area contributed by atoms with Gasteiger partial charge in [0.15, 0.2) is 0 Å². The fraction of sp³-hybridized carbons (Fsp3) is 0.600. The molecule has 0 fully saturated rings. The lowest BCUT2D eigenvalue weighted by molar-refractivity contribution is 0.320. The summed E-state index contributed by atoms with van der Waals surface area (Å²) in [5.74, 6) is 1.01. The Balaban J connectivity index is 2.62. The van der Waals surface area contributed by atoms with E-state index in [2.05, 4.69) is 43.2 Å². The first-order chi connectivity index (χ1) is 8.58. The summed E-state index contributed by atoms with van der Waals surface area (Å²) in [6.45, 7) is 7.40. The van der Waals surface area contributed by atoms with Crippen molar-refractivity contribution in [1.29, 1.82) is 0 Å². The van der Waals surface area contributed by atoms with Crippen molar-refractivity contribution in [2.75, 3.05) is 34.3 Å². The monoisotopic (exact) mass is 250 g/mol. The molecule has 0 saturated heterocycles. The van der Waals surface area contributed by atoms with E-state index in [0.29, 0.717) is 0 Å². The van der Waals surface area contributed by atoms with Crippen molar-refractivity contribution in [3.8, 4) is 5.75 Å². The molecule has 18 heavy (non-hydrogen) atoms. The molecule has 0 unspecified atom stereocenters. The molecule has 3 heteroatoms. The van der Waals surface area contributed by atoms with Gasteiger partial charge < -0.3 is 15.0 Å². The third kappa shape index (κ3) is 4.31. The first kappa shape index (κ1) is 15.0. The summed E-state index contributed by atoms with van der Waals surface area (Å²) in [7, 11) is 5.90. The van der Waals surface area contributed by atoms with Crippen molar-refractivity contribution in [3.63, 3.8) is 0 Å². The first-order valence-electron chi connectivity index (χ1n) is 6.55. The maximum absolute atomic E-state index is 5.39. The average molecular weight is 250 g/mol. The highest BCUT2D eigenvalue weighted by molar-refractivity contribution is 5.43. The van der Waals surface area contributed by atoms with Crippen molar-refractivity contribution in [2.45, 2.75) is 26.8 Å². The fourth-order valence-electron chi connectivity index (χ4n) is 2.37. The summed E-state index contributed by atoms with van der Waals surface area (Å²) in [6, 6.07) is 4.45. The summed E-state index contributed by atoms with van der Waals surface area (Å²) in [6.07, 6.45) is 1.18. The highest BCUT2D eigenvalue weighted by Gasteiger charge is 2.07. The number of nitrogens with zero attached hydrogens (tertiary/aromatic N) is 1. The minimum atomic E-state index is 0.995. The van der Waals surface area contributed by atoms with Crippen molar-refractivity contribution in [2.24, 2.45) is 0 Å². The Labute approximate surface area is 111 Å². The molecule has 0 aliphatic carbocycles. The number of nitrogens with one attached hydrogen (secondary N) is 1. The third-order valence-electron chi connectivity index (χ3n) is 3.14. The summed E-state index contributed by atoms with van der Waals surface area (Å²) >= 11 is 0. The van der Waals surface area contributed by atoms with Gasteiger partial charge in [-0.25, -0.2) is 0 Å². The van der Waals surface area contributed by atoms with Crippen molar-refractivity contribution < 1.29 is 4.74 Å². The van der Waals surface area contributed by atoms with Crippen molar-refractivity contribution in [3.05, 3.63) is 28.8 Å². The Morgan fingerprint density at radius 1 is 1.22 bits per heavy atom. The quantitative estimate of drug-likeness (QED) is 0.752. The molecule has 0 saturated carbocycles. The molecule has 1 rings (SSSR count). The van der Waals surface area contributed by atoms with Gasteiger partial charge in [0, 0.05) is 6.54 Å². The second kappa shape index (κ2) is 7.39. The molecule has 0 aliphatic rings. The van der Waals surface area contributed by atoms with Crippen molar-refractivity contribution >= 4 is 0 Å². The van der Waals surface area contributed by atoms with Gasteiger partial charge in [0.1, 0.15) is 5.75 Å². The Bertz CT molecular complexity index is 354. The molecule has 1 aromatic carbocycles. The van der Waals surface area contributed by atoms with Crippen LogP contribution in [0.4, 0.5) is 0 Å². The third-order valence-corrected chi connectivity index (χ3v) is 3.14. The van der Waals surface area contributed by atoms with E-state index in [0.717, 1.165) is 25.4 Å².